The van der Waals surface area contributed by atoms with Gasteiger partial charge in [-0.15, -0.1) is 0 Å². The first-order valence-corrected chi connectivity index (χ1v) is 9.32. The average Bonchev–Trinajstić information content (AvgIpc) is 2.93. The van der Waals surface area contributed by atoms with Crippen LogP contribution < -0.4 is 16.0 Å². The van der Waals surface area contributed by atoms with E-state index in [0.29, 0.717) is 37.5 Å². The summed E-state index contributed by atoms with van der Waals surface area (Å²) in [5, 5.41) is 12.9. The van der Waals surface area contributed by atoms with Gasteiger partial charge in [0.2, 0.25) is 0 Å². The van der Waals surface area contributed by atoms with E-state index in [-0.39, 0.29) is 11.9 Å². The molecule has 0 spiro atoms. The molecule has 0 saturated heterocycles. The smallest absolute Gasteiger partial charge is 0.319 e. The lowest BCUT2D eigenvalue weighted by molar-refractivity contribution is 0.0956. The number of nitrogens with zero attached hydrogens (tertiary/aromatic N) is 2. The second kappa shape index (κ2) is 9.89. The van der Waals surface area contributed by atoms with Gasteiger partial charge in [0.1, 0.15) is 0 Å². The maximum atomic E-state index is 12.4. The molecule has 2 rings (SSSR count). The van der Waals surface area contributed by atoms with Crippen molar-refractivity contribution in [2.45, 2.75) is 40.8 Å². The largest absolute Gasteiger partial charge is 0.383 e. The van der Waals surface area contributed by atoms with Gasteiger partial charge in [0.15, 0.2) is 0 Å². The Morgan fingerprint density at radius 2 is 1.93 bits per heavy atom. The van der Waals surface area contributed by atoms with Gasteiger partial charge >= 0.3 is 6.03 Å². The van der Waals surface area contributed by atoms with Gasteiger partial charge < -0.3 is 20.7 Å². The fraction of sp³-hybridized carbons (Fsp3) is 0.450. The van der Waals surface area contributed by atoms with Crippen LogP contribution >= 0.6 is 0 Å². The number of hydrogen-bond donors (Lipinski definition) is 3. The molecule has 1 heterocycles. The Labute approximate surface area is 165 Å². The Balaban J connectivity index is 2.02. The Bertz CT molecular complexity index is 845. The molecule has 1 aromatic heterocycles. The quantitative estimate of drug-likeness (QED) is 0.648. The third-order valence-electron chi connectivity index (χ3n) is 4.55. The van der Waals surface area contributed by atoms with Crippen LogP contribution in [-0.2, 0) is 17.8 Å². The van der Waals surface area contributed by atoms with Crippen LogP contribution in [0.1, 0.15) is 39.8 Å². The van der Waals surface area contributed by atoms with Gasteiger partial charge in [0.05, 0.1) is 18.8 Å². The topological polar surface area (TPSA) is 97.3 Å². The zero-order valence-electron chi connectivity index (χ0n) is 17.2. The molecule has 0 radical (unpaired) electrons. The summed E-state index contributed by atoms with van der Waals surface area (Å²) in [5.41, 5.74) is 4.86. The highest BCUT2D eigenvalue weighted by Gasteiger charge is 2.13. The zero-order chi connectivity index (χ0) is 20.7. The number of anilines is 1. The summed E-state index contributed by atoms with van der Waals surface area (Å²) in [4.78, 5) is 24.4. The number of urea groups is 1. The second-order valence-electron chi connectivity index (χ2n) is 6.56. The molecule has 3 N–H and O–H groups in total. The number of methoxy groups -OCH3 is 1. The SMILES string of the molecule is CCNC(=O)c1ccc(C)c(NC(=O)NCc2c(C)nn(CCOC)c2C)c1. The van der Waals surface area contributed by atoms with Crippen LogP contribution in [0.3, 0.4) is 0 Å². The number of rotatable bonds is 8. The van der Waals surface area contributed by atoms with Crippen LogP contribution in [0.5, 0.6) is 0 Å². The van der Waals surface area contributed by atoms with Gasteiger partial charge in [-0.05, 0) is 45.4 Å². The number of amides is 3. The van der Waals surface area contributed by atoms with Gasteiger partial charge in [-0.25, -0.2) is 4.79 Å². The molecule has 0 aliphatic rings. The van der Waals surface area contributed by atoms with E-state index in [1.807, 2.05) is 38.4 Å². The van der Waals surface area contributed by atoms with Crippen LogP contribution in [-0.4, -0.2) is 42.0 Å². The number of carbonyl (C=O) groups is 2. The van der Waals surface area contributed by atoms with E-state index in [1.54, 1.807) is 19.2 Å². The second-order valence-corrected chi connectivity index (χ2v) is 6.56. The number of nitrogens with one attached hydrogen (secondary N) is 3. The Morgan fingerprint density at radius 3 is 2.61 bits per heavy atom. The molecule has 0 saturated carbocycles. The first kappa shape index (κ1) is 21.4. The molecule has 152 valence electrons. The minimum atomic E-state index is -0.334. The summed E-state index contributed by atoms with van der Waals surface area (Å²) in [7, 11) is 1.65. The normalized spacial score (nSPS) is 10.6. The number of aryl methyl sites for hydroxylation is 2. The molecule has 0 bridgehead atoms. The van der Waals surface area contributed by atoms with E-state index >= 15 is 0 Å². The van der Waals surface area contributed by atoms with Crippen LogP contribution in [0.2, 0.25) is 0 Å². The van der Waals surface area contributed by atoms with Gasteiger partial charge in [-0.1, -0.05) is 6.07 Å². The van der Waals surface area contributed by atoms with E-state index in [4.69, 9.17) is 4.74 Å². The van der Waals surface area contributed by atoms with Crippen molar-refractivity contribution in [3.05, 3.63) is 46.3 Å². The van der Waals surface area contributed by atoms with Crippen molar-refractivity contribution in [3.8, 4) is 0 Å². The average molecular weight is 387 g/mol. The number of benzene rings is 1. The van der Waals surface area contributed by atoms with E-state index in [1.165, 1.54) is 0 Å². The van der Waals surface area contributed by atoms with Gasteiger partial charge in [0, 0.05) is 42.7 Å². The Kier molecular flexibility index (Phi) is 7.57. The van der Waals surface area contributed by atoms with Crippen molar-refractivity contribution in [2.75, 3.05) is 25.6 Å². The summed E-state index contributed by atoms with van der Waals surface area (Å²) in [6.45, 7) is 9.80. The molecule has 1 aromatic carbocycles. The molecule has 8 nitrogen and oxygen atoms in total. The van der Waals surface area contributed by atoms with Gasteiger partial charge in [0.25, 0.3) is 5.91 Å². The van der Waals surface area contributed by atoms with Gasteiger partial charge in [-0.3, -0.25) is 9.48 Å². The molecule has 28 heavy (non-hydrogen) atoms. The predicted molar refractivity (Wildman–Crippen MR) is 109 cm³/mol. The molecular formula is C20H29N5O3. The highest BCUT2D eigenvalue weighted by Crippen LogP contribution is 2.17. The van der Waals surface area contributed by atoms with Crippen molar-refractivity contribution < 1.29 is 14.3 Å². The maximum Gasteiger partial charge on any atom is 0.319 e. The fourth-order valence-electron chi connectivity index (χ4n) is 2.88. The number of aromatic nitrogens is 2. The van der Waals surface area contributed by atoms with Crippen molar-refractivity contribution in [1.82, 2.24) is 20.4 Å². The first-order valence-electron chi connectivity index (χ1n) is 9.32. The number of carbonyl (C=O) groups excluding carboxylic acids is 2. The summed E-state index contributed by atoms with van der Waals surface area (Å²) in [6.07, 6.45) is 0. The minimum Gasteiger partial charge on any atom is -0.383 e. The van der Waals surface area contributed by atoms with E-state index in [0.717, 1.165) is 22.5 Å². The lowest BCUT2D eigenvalue weighted by Gasteiger charge is -2.12. The predicted octanol–water partition coefficient (Wildman–Crippen LogP) is 2.53. The monoisotopic (exact) mass is 387 g/mol. The lowest BCUT2D eigenvalue weighted by Crippen LogP contribution is -2.29. The highest BCUT2D eigenvalue weighted by atomic mass is 16.5. The zero-order valence-corrected chi connectivity index (χ0v) is 17.2. The van der Waals surface area contributed by atoms with Crippen LogP contribution in [0, 0.1) is 20.8 Å². The standard InChI is InChI=1S/C20H29N5O3/c1-6-21-19(26)16-8-7-13(2)18(11-16)23-20(27)22-12-17-14(3)24-25(15(17)4)9-10-28-5/h7-8,11H,6,9-10,12H2,1-5H3,(H,21,26)(H2,22,23,27). The maximum absolute atomic E-state index is 12.4. The van der Waals surface area contributed by atoms with Crippen molar-refractivity contribution in [2.24, 2.45) is 0 Å². The molecule has 0 unspecified atom stereocenters. The van der Waals surface area contributed by atoms with Crippen LogP contribution in [0.25, 0.3) is 0 Å². The van der Waals surface area contributed by atoms with E-state index < -0.39 is 0 Å². The summed E-state index contributed by atoms with van der Waals surface area (Å²) in [5.74, 6) is -0.166. The first-order chi connectivity index (χ1) is 13.4. The summed E-state index contributed by atoms with van der Waals surface area (Å²) < 4.78 is 6.98. The number of hydrogen-bond acceptors (Lipinski definition) is 4. The third kappa shape index (κ3) is 5.32. The van der Waals surface area contributed by atoms with Gasteiger partial charge in [-0.2, -0.15) is 5.10 Å². The van der Waals surface area contributed by atoms with Crippen molar-refractivity contribution in [3.63, 3.8) is 0 Å². The molecule has 0 aliphatic heterocycles. The van der Waals surface area contributed by atoms with Crippen LogP contribution in [0.4, 0.5) is 10.5 Å². The van der Waals surface area contributed by atoms with Crippen LogP contribution in [0.15, 0.2) is 18.2 Å². The van der Waals surface area contributed by atoms with E-state index in [2.05, 4.69) is 21.0 Å². The van der Waals surface area contributed by atoms with Crippen molar-refractivity contribution >= 4 is 17.6 Å². The molecule has 0 aliphatic carbocycles. The molecule has 8 heteroatoms. The fourth-order valence-corrected chi connectivity index (χ4v) is 2.88. The number of ether oxygens (including phenoxy) is 1. The Morgan fingerprint density at radius 1 is 1.18 bits per heavy atom. The summed E-state index contributed by atoms with van der Waals surface area (Å²) in [6, 6.07) is 4.90. The minimum absolute atomic E-state index is 0.166. The molecular weight excluding hydrogens is 358 g/mol. The van der Waals surface area contributed by atoms with E-state index in [9.17, 15) is 9.59 Å². The molecule has 0 fully saturated rings. The molecule has 0 atom stereocenters. The molecule has 2 aromatic rings. The Hall–Kier alpha value is -2.87. The lowest BCUT2D eigenvalue weighted by atomic mass is 10.1. The third-order valence-corrected chi connectivity index (χ3v) is 4.55. The van der Waals surface area contributed by atoms with Crippen molar-refractivity contribution in [1.29, 1.82) is 0 Å². The highest BCUT2D eigenvalue weighted by molar-refractivity contribution is 5.97. The summed E-state index contributed by atoms with van der Waals surface area (Å²) >= 11 is 0. The molecule has 3 amide bonds.